The second-order valence-corrected chi connectivity index (χ2v) is 4.47. The number of imidazole rings is 1. The Hall–Kier alpha value is -2.36. The van der Waals surface area contributed by atoms with Crippen molar-refractivity contribution in [3.63, 3.8) is 0 Å². The van der Waals surface area contributed by atoms with E-state index in [9.17, 15) is 0 Å². The van der Waals surface area contributed by atoms with Crippen molar-refractivity contribution in [2.24, 2.45) is 0 Å². The first-order valence-electron chi connectivity index (χ1n) is 5.82. The Morgan fingerprint density at radius 1 is 1.11 bits per heavy atom. The van der Waals surface area contributed by atoms with Crippen molar-refractivity contribution in [2.75, 3.05) is 5.73 Å². The average Bonchev–Trinajstić information content (AvgIpc) is 2.75. The van der Waals surface area contributed by atoms with E-state index in [1.165, 1.54) is 0 Å². The van der Waals surface area contributed by atoms with Gasteiger partial charge in [0.05, 0.1) is 5.69 Å². The number of hydrogen-bond donors (Lipinski definition) is 1. The molecular formula is C14H14N4. The SMILES string of the molecule is Cc1ccn2cc(-c3ccc(C)c(N)c3)nc2n1. The van der Waals surface area contributed by atoms with Gasteiger partial charge in [0.1, 0.15) is 0 Å². The predicted molar refractivity (Wildman–Crippen MR) is 72.3 cm³/mol. The molecule has 0 radical (unpaired) electrons. The number of aryl methyl sites for hydroxylation is 2. The summed E-state index contributed by atoms with van der Waals surface area (Å²) >= 11 is 0. The quantitative estimate of drug-likeness (QED) is 0.663. The van der Waals surface area contributed by atoms with E-state index < -0.39 is 0 Å². The third-order valence-electron chi connectivity index (χ3n) is 3.04. The van der Waals surface area contributed by atoms with E-state index in [0.717, 1.165) is 28.2 Å². The summed E-state index contributed by atoms with van der Waals surface area (Å²) in [5.41, 5.74) is 10.7. The summed E-state index contributed by atoms with van der Waals surface area (Å²) in [5, 5.41) is 0. The van der Waals surface area contributed by atoms with Crippen LogP contribution in [0.25, 0.3) is 17.0 Å². The lowest BCUT2D eigenvalue weighted by Gasteiger charge is -2.01. The van der Waals surface area contributed by atoms with Crippen LogP contribution in [0.2, 0.25) is 0 Å². The number of benzene rings is 1. The van der Waals surface area contributed by atoms with E-state index >= 15 is 0 Å². The zero-order chi connectivity index (χ0) is 12.7. The van der Waals surface area contributed by atoms with E-state index in [-0.39, 0.29) is 0 Å². The number of nitrogens with two attached hydrogens (primary N) is 1. The number of fused-ring (bicyclic) bond motifs is 1. The Morgan fingerprint density at radius 2 is 1.94 bits per heavy atom. The Kier molecular flexibility index (Phi) is 2.30. The maximum atomic E-state index is 5.93. The molecular weight excluding hydrogens is 224 g/mol. The van der Waals surface area contributed by atoms with Crippen LogP contribution in [0.3, 0.4) is 0 Å². The highest BCUT2D eigenvalue weighted by Crippen LogP contribution is 2.23. The Bertz CT molecular complexity index is 728. The highest BCUT2D eigenvalue weighted by molar-refractivity contribution is 5.67. The van der Waals surface area contributed by atoms with E-state index in [1.54, 1.807) is 0 Å². The molecule has 4 nitrogen and oxygen atoms in total. The number of anilines is 1. The third kappa shape index (κ3) is 1.72. The van der Waals surface area contributed by atoms with Crippen molar-refractivity contribution >= 4 is 11.5 Å². The van der Waals surface area contributed by atoms with Crippen LogP contribution in [0.1, 0.15) is 11.3 Å². The van der Waals surface area contributed by atoms with Gasteiger partial charge in [-0.1, -0.05) is 12.1 Å². The van der Waals surface area contributed by atoms with Crippen LogP contribution in [0.5, 0.6) is 0 Å². The predicted octanol–water partition coefficient (Wildman–Crippen LogP) is 2.60. The van der Waals surface area contributed by atoms with Crippen molar-refractivity contribution in [2.45, 2.75) is 13.8 Å². The normalized spacial score (nSPS) is 11.0. The smallest absolute Gasteiger partial charge is 0.234 e. The molecule has 0 aliphatic rings. The summed E-state index contributed by atoms with van der Waals surface area (Å²) in [5.74, 6) is 0.712. The van der Waals surface area contributed by atoms with Gasteiger partial charge in [-0.05, 0) is 31.5 Å². The maximum Gasteiger partial charge on any atom is 0.234 e. The van der Waals surface area contributed by atoms with Gasteiger partial charge >= 0.3 is 0 Å². The minimum absolute atomic E-state index is 0.712. The maximum absolute atomic E-state index is 5.93. The lowest BCUT2D eigenvalue weighted by Crippen LogP contribution is -1.89. The van der Waals surface area contributed by atoms with Gasteiger partial charge in [-0.3, -0.25) is 4.40 Å². The molecule has 2 heterocycles. The highest BCUT2D eigenvalue weighted by Gasteiger charge is 2.06. The molecule has 3 aromatic rings. The zero-order valence-electron chi connectivity index (χ0n) is 10.4. The van der Waals surface area contributed by atoms with Crippen LogP contribution in [0.15, 0.2) is 36.7 Å². The van der Waals surface area contributed by atoms with Crippen LogP contribution in [0, 0.1) is 13.8 Å². The lowest BCUT2D eigenvalue weighted by atomic mass is 10.1. The van der Waals surface area contributed by atoms with Crippen molar-refractivity contribution in [1.82, 2.24) is 14.4 Å². The van der Waals surface area contributed by atoms with Gasteiger partial charge in [-0.15, -0.1) is 0 Å². The molecule has 1 aromatic carbocycles. The summed E-state index contributed by atoms with van der Waals surface area (Å²) in [7, 11) is 0. The number of aromatic nitrogens is 3. The minimum atomic E-state index is 0.712. The van der Waals surface area contributed by atoms with Gasteiger partial charge in [-0.25, -0.2) is 9.97 Å². The topological polar surface area (TPSA) is 56.2 Å². The third-order valence-corrected chi connectivity index (χ3v) is 3.04. The molecule has 0 saturated carbocycles. The molecule has 18 heavy (non-hydrogen) atoms. The van der Waals surface area contributed by atoms with Crippen molar-refractivity contribution < 1.29 is 0 Å². The van der Waals surface area contributed by atoms with Gasteiger partial charge in [-0.2, -0.15) is 0 Å². The zero-order valence-corrected chi connectivity index (χ0v) is 10.4. The molecule has 0 bridgehead atoms. The first kappa shape index (κ1) is 10.8. The van der Waals surface area contributed by atoms with Crippen LogP contribution in [-0.4, -0.2) is 14.4 Å². The van der Waals surface area contributed by atoms with E-state index in [0.29, 0.717) is 5.78 Å². The Balaban J connectivity index is 2.16. The standard InChI is InChI=1S/C14H14N4/c1-9-3-4-11(7-12(9)15)13-8-18-6-5-10(2)16-14(18)17-13/h3-8H,15H2,1-2H3. The molecule has 0 saturated heterocycles. The Labute approximate surface area is 105 Å². The summed E-state index contributed by atoms with van der Waals surface area (Å²) in [4.78, 5) is 8.89. The largest absolute Gasteiger partial charge is 0.398 e. The monoisotopic (exact) mass is 238 g/mol. The second-order valence-electron chi connectivity index (χ2n) is 4.47. The van der Waals surface area contributed by atoms with Crippen molar-refractivity contribution in [3.05, 3.63) is 47.9 Å². The molecule has 0 fully saturated rings. The second kappa shape index (κ2) is 3.84. The van der Waals surface area contributed by atoms with Crippen LogP contribution in [-0.2, 0) is 0 Å². The molecule has 0 unspecified atom stereocenters. The number of rotatable bonds is 1. The average molecular weight is 238 g/mol. The molecule has 2 N–H and O–H groups in total. The van der Waals surface area contributed by atoms with Crippen LogP contribution < -0.4 is 5.73 Å². The van der Waals surface area contributed by atoms with Gasteiger partial charge < -0.3 is 5.73 Å². The first-order chi connectivity index (χ1) is 8.63. The molecule has 90 valence electrons. The fourth-order valence-electron chi connectivity index (χ4n) is 1.90. The molecule has 0 amide bonds. The van der Waals surface area contributed by atoms with E-state index in [4.69, 9.17) is 5.73 Å². The van der Waals surface area contributed by atoms with Gasteiger partial charge in [0.25, 0.3) is 0 Å². The summed E-state index contributed by atoms with van der Waals surface area (Å²) < 4.78 is 1.92. The summed E-state index contributed by atoms with van der Waals surface area (Å²) in [6, 6.07) is 7.94. The van der Waals surface area contributed by atoms with E-state index in [1.807, 2.05) is 54.9 Å². The van der Waals surface area contributed by atoms with Crippen LogP contribution in [0.4, 0.5) is 5.69 Å². The molecule has 0 aliphatic heterocycles. The van der Waals surface area contributed by atoms with Gasteiger partial charge in [0, 0.05) is 29.3 Å². The molecule has 2 aromatic heterocycles. The summed E-state index contributed by atoms with van der Waals surface area (Å²) in [6.45, 7) is 3.95. The van der Waals surface area contributed by atoms with Crippen LogP contribution >= 0.6 is 0 Å². The van der Waals surface area contributed by atoms with Crippen molar-refractivity contribution in [3.8, 4) is 11.3 Å². The van der Waals surface area contributed by atoms with Gasteiger partial charge in [0.15, 0.2) is 0 Å². The number of hydrogen-bond acceptors (Lipinski definition) is 3. The van der Waals surface area contributed by atoms with Gasteiger partial charge in [0.2, 0.25) is 5.78 Å². The van der Waals surface area contributed by atoms with Crippen molar-refractivity contribution in [1.29, 1.82) is 0 Å². The summed E-state index contributed by atoms with van der Waals surface area (Å²) in [6.07, 6.45) is 3.93. The fraction of sp³-hybridized carbons (Fsp3) is 0.143. The first-order valence-corrected chi connectivity index (χ1v) is 5.82. The molecule has 0 aliphatic carbocycles. The molecule has 3 rings (SSSR count). The number of nitrogens with zero attached hydrogens (tertiary/aromatic N) is 3. The molecule has 0 atom stereocenters. The number of nitrogen functional groups attached to an aromatic ring is 1. The van der Waals surface area contributed by atoms with E-state index in [2.05, 4.69) is 9.97 Å². The Morgan fingerprint density at radius 3 is 2.72 bits per heavy atom. The highest BCUT2D eigenvalue weighted by atomic mass is 15.1. The lowest BCUT2D eigenvalue weighted by molar-refractivity contribution is 1.07. The molecule has 0 spiro atoms. The minimum Gasteiger partial charge on any atom is -0.398 e. The fourth-order valence-corrected chi connectivity index (χ4v) is 1.90. The molecule has 4 heteroatoms.